The van der Waals surface area contributed by atoms with Gasteiger partial charge in [0.15, 0.2) is 5.11 Å². The Labute approximate surface area is 183 Å². The first-order chi connectivity index (χ1) is 14.2. The lowest BCUT2D eigenvalue weighted by Crippen LogP contribution is -2.48. The Hall–Kier alpha value is -2.93. The molecular formula is C23H29N3O3S. The molecular weight excluding hydrogens is 398 g/mol. The summed E-state index contributed by atoms with van der Waals surface area (Å²) in [6.07, 6.45) is 1.90. The van der Waals surface area contributed by atoms with Crippen molar-refractivity contribution in [3.05, 3.63) is 65.2 Å². The van der Waals surface area contributed by atoms with E-state index in [4.69, 9.17) is 17.0 Å². The maximum atomic E-state index is 12.5. The van der Waals surface area contributed by atoms with Gasteiger partial charge in [0.1, 0.15) is 5.75 Å². The van der Waals surface area contributed by atoms with E-state index in [0.717, 1.165) is 18.4 Å². The van der Waals surface area contributed by atoms with Gasteiger partial charge < -0.3 is 4.74 Å². The Morgan fingerprint density at radius 1 is 0.967 bits per heavy atom. The van der Waals surface area contributed by atoms with Gasteiger partial charge >= 0.3 is 0 Å². The topological polar surface area (TPSA) is 79.5 Å². The fourth-order valence-electron chi connectivity index (χ4n) is 2.62. The summed E-state index contributed by atoms with van der Waals surface area (Å²) in [6, 6.07) is 14.3. The summed E-state index contributed by atoms with van der Waals surface area (Å²) in [5, 5.41) is 2.54. The summed E-state index contributed by atoms with van der Waals surface area (Å²) < 4.78 is 5.68. The fraction of sp³-hybridized carbons (Fsp3) is 0.348. The highest BCUT2D eigenvalue weighted by Gasteiger charge is 2.16. The molecule has 7 heteroatoms. The van der Waals surface area contributed by atoms with Crippen molar-refractivity contribution < 1.29 is 14.3 Å². The molecule has 2 aromatic carbocycles. The van der Waals surface area contributed by atoms with E-state index in [1.807, 2.05) is 12.1 Å². The number of hydrazine groups is 1. The van der Waals surface area contributed by atoms with Gasteiger partial charge in [-0.3, -0.25) is 25.8 Å². The normalized spacial score (nSPS) is 10.8. The maximum Gasteiger partial charge on any atom is 0.269 e. The number of carbonyl (C=O) groups excluding carboxylic acids is 2. The Morgan fingerprint density at radius 2 is 1.63 bits per heavy atom. The first-order valence-electron chi connectivity index (χ1n) is 9.96. The summed E-state index contributed by atoms with van der Waals surface area (Å²) in [5.41, 5.74) is 7.06. The molecule has 0 heterocycles. The number of para-hydroxylation sites is 1. The zero-order valence-corrected chi connectivity index (χ0v) is 18.7. The Balaban J connectivity index is 1.90. The fourth-order valence-corrected chi connectivity index (χ4v) is 2.76. The smallest absolute Gasteiger partial charge is 0.269 e. The molecule has 0 aliphatic carbocycles. The maximum absolute atomic E-state index is 12.5. The largest absolute Gasteiger partial charge is 0.493 e. The molecule has 160 valence electrons. The number of hydrogen-bond acceptors (Lipinski definition) is 4. The van der Waals surface area contributed by atoms with Crippen LogP contribution in [0.2, 0.25) is 0 Å². The molecule has 2 rings (SSSR count). The highest BCUT2D eigenvalue weighted by atomic mass is 32.1. The third kappa shape index (κ3) is 6.84. The van der Waals surface area contributed by atoms with Crippen LogP contribution in [0.15, 0.2) is 48.5 Å². The lowest BCUT2D eigenvalue weighted by Gasteiger charge is -2.19. The molecule has 0 atom stereocenters. The van der Waals surface area contributed by atoms with E-state index in [1.165, 1.54) is 0 Å². The average molecular weight is 428 g/mol. The molecule has 0 saturated heterocycles. The summed E-state index contributed by atoms with van der Waals surface area (Å²) in [4.78, 5) is 24.8. The Bertz CT molecular complexity index is 889. The number of thiocarbonyl (C=S) groups is 1. The third-order valence-electron chi connectivity index (χ3n) is 4.42. The number of amides is 2. The number of rotatable bonds is 6. The summed E-state index contributed by atoms with van der Waals surface area (Å²) in [5.74, 6) is -0.270. The molecule has 6 nitrogen and oxygen atoms in total. The van der Waals surface area contributed by atoms with Gasteiger partial charge in [0.2, 0.25) is 0 Å². The van der Waals surface area contributed by atoms with E-state index < -0.39 is 5.91 Å². The van der Waals surface area contributed by atoms with Gasteiger partial charge in [-0.1, -0.05) is 58.4 Å². The SMILES string of the molecule is CCCCOc1ccccc1C(=O)NC(=S)NNC(=O)c1ccc(C(C)(C)C)cc1. The van der Waals surface area contributed by atoms with E-state index in [9.17, 15) is 9.59 Å². The number of unbranched alkanes of at least 4 members (excludes halogenated alkanes) is 1. The minimum Gasteiger partial charge on any atom is -0.493 e. The molecule has 3 N–H and O–H groups in total. The van der Waals surface area contributed by atoms with Crippen molar-refractivity contribution in [3.63, 3.8) is 0 Å². The van der Waals surface area contributed by atoms with Crippen molar-refractivity contribution in [2.45, 2.75) is 46.0 Å². The van der Waals surface area contributed by atoms with Crippen LogP contribution in [0, 0.1) is 0 Å². The molecule has 0 aliphatic heterocycles. The van der Waals surface area contributed by atoms with E-state index in [1.54, 1.807) is 36.4 Å². The molecule has 0 bridgehead atoms. The predicted octanol–water partition coefficient (Wildman–Crippen LogP) is 4.11. The van der Waals surface area contributed by atoms with Crippen molar-refractivity contribution in [1.29, 1.82) is 0 Å². The van der Waals surface area contributed by atoms with E-state index >= 15 is 0 Å². The highest BCUT2D eigenvalue weighted by Crippen LogP contribution is 2.22. The van der Waals surface area contributed by atoms with Crippen molar-refractivity contribution in [2.24, 2.45) is 0 Å². The molecule has 0 aromatic heterocycles. The molecule has 0 unspecified atom stereocenters. The summed E-state index contributed by atoms with van der Waals surface area (Å²) in [7, 11) is 0. The molecule has 0 aliphatic rings. The van der Waals surface area contributed by atoms with Gasteiger partial charge in [0.25, 0.3) is 11.8 Å². The predicted molar refractivity (Wildman–Crippen MR) is 123 cm³/mol. The van der Waals surface area contributed by atoms with Gasteiger partial charge in [-0.2, -0.15) is 0 Å². The number of nitrogens with one attached hydrogen (secondary N) is 3. The van der Waals surface area contributed by atoms with Gasteiger partial charge in [-0.25, -0.2) is 0 Å². The van der Waals surface area contributed by atoms with E-state index in [2.05, 4.69) is 43.9 Å². The van der Waals surface area contributed by atoms with Crippen LogP contribution in [-0.4, -0.2) is 23.5 Å². The molecule has 0 saturated carbocycles. The van der Waals surface area contributed by atoms with Crippen LogP contribution in [0.3, 0.4) is 0 Å². The van der Waals surface area contributed by atoms with Gasteiger partial charge in [0, 0.05) is 5.56 Å². The van der Waals surface area contributed by atoms with Crippen LogP contribution in [0.5, 0.6) is 5.75 Å². The minimum absolute atomic E-state index is 0.00957. The van der Waals surface area contributed by atoms with Crippen LogP contribution < -0.4 is 20.9 Å². The zero-order chi connectivity index (χ0) is 22.1. The lowest BCUT2D eigenvalue weighted by molar-refractivity contribution is 0.0933. The van der Waals surface area contributed by atoms with E-state index in [0.29, 0.717) is 23.5 Å². The standard InChI is InChI=1S/C23H29N3O3S/c1-5-6-15-29-19-10-8-7-9-18(19)21(28)24-22(30)26-25-20(27)16-11-13-17(14-12-16)23(2,3)4/h7-14H,5-6,15H2,1-4H3,(H,25,27)(H2,24,26,28,30). The van der Waals surface area contributed by atoms with Gasteiger partial charge in [-0.15, -0.1) is 0 Å². The number of carbonyl (C=O) groups is 2. The molecule has 0 fully saturated rings. The van der Waals surface area contributed by atoms with Crippen molar-refractivity contribution in [2.75, 3.05) is 6.61 Å². The second-order valence-electron chi connectivity index (χ2n) is 7.89. The second kappa shape index (κ2) is 10.7. The highest BCUT2D eigenvalue weighted by molar-refractivity contribution is 7.80. The number of benzene rings is 2. The summed E-state index contributed by atoms with van der Waals surface area (Å²) >= 11 is 5.12. The Kier molecular flexibility index (Phi) is 8.35. The second-order valence-corrected chi connectivity index (χ2v) is 8.30. The van der Waals surface area contributed by atoms with Crippen molar-refractivity contribution in [3.8, 4) is 5.75 Å². The molecule has 2 amide bonds. The zero-order valence-electron chi connectivity index (χ0n) is 17.9. The molecule has 30 heavy (non-hydrogen) atoms. The third-order valence-corrected chi connectivity index (χ3v) is 4.62. The molecule has 2 aromatic rings. The van der Waals surface area contributed by atoms with Crippen molar-refractivity contribution in [1.82, 2.24) is 16.2 Å². The molecule has 0 spiro atoms. The van der Waals surface area contributed by atoms with Crippen LogP contribution >= 0.6 is 12.2 Å². The first kappa shape index (κ1) is 23.3. The quantitative estimate of drug-likeness (QED) is 0.367. The monoisotopic (exact) mass is 427 g/mol. The lowest BCUT2D eigenvalue weighted by atomic mass is 9.87. The van der Waals surface area contributed by atoms with Crippen LogP contribution in [0.1, 0.15) is 66.8 Å². The minimum atomic E-state index is -0.414. The first-order valence-corrected chi connectivity index (χ1v) is 10.4. The van der Waals surface area contributed by atoms with Crippen LogP contribution in [-0.2, 0) is 5.41 Å². The van der Waals surface area contributed by atoms with Gasteiger partial charge in [-0.05, 0) is 53.9 Å². The average Bonchev–Trinajstić information content (AvgIpc) is 2.72. The number of hydrogen-bond donors (Lipinski definition) is 3. The van der Waals surface area contributed by atoms with Crippen LogP contribution in [0.4, 0.5) is 0 Å². The summed E-state index contributed by atoms with van der Waals surface area (Å²) in [6.45, 7) is 8.93. The van der Waals surface area contributed by atoms with Crippen molar-refractivity contribution >= 4 is 29.1 Å². The van der Waals surface area contributed by atoms with Gasteiger partial charge in [0.05, 0.1) is 12.2 Å². The van der Waals surface area contributed by atoms with Crippen LogP contribution in [0.25, 0.3) is 0 Å². The van der Waals surface area contributed by atoms with E-state index in [-0.39, 0.29) is 16.4 Å². The Morgan fingerprint density at radius 3 is 2.27 bits per heavy atom. The molecule has 0 radical (unpaired) electrons. The number of ether oxygens (including phenoxy) is 1.